The SMILES string of the molecule is Cc1ncccc1C(=O)NC1COC1. The zero-order chi connectivity index (χ0) is 9.97. The van der Waals surface area contributed by atoms with Gasteiger partial charge in [0, 0.05) is 11.9 Å². The largest absolute Gasteiger partial charge is 0.377 e. The molecule has 0 spiro atoms. The number of nitrogens with one attached hydrogen (secondary N) is 1. The summed E-state index contributed by atoms with van der Waals surface area (Å²) in [4.78, 5) is 15.7. The van der Waals surface area contributed by atoms with Crippen LogP contribution >= 0.6 is 0 Å². The number of aryl methyl sites for hydroxylation is 1. The monoisotopic (exact) mass is 192 g/mol. The van der Waals surface area contributed by atoms with Gasteiger partial charge in [0.2, 0.25) is 0 Å². The average Bonchev–Trinajstić information content (AvgIpc) is 2.12. The number of pyridine rings is 1. The van der Waals surface area contributed by atoms with Crippen LogP contribution in [-0.4, -0.2) is 30.1 Å². The van der Waals surface area contributed by atoms with Crippen LogP contribution < -0.4 is 5.32 Å². The van der Waals surface area contributed by atoms with Gasteiger partial charge in [-0.25, -0.2) is 0 Å². The van der Waals surface area contributed by atoms with E-state index in [-0.39, 0.29) is 11.9 Å². The zero-order valence-corrected chi connectivity index (χ0v) is 7.99. The lowest BCUT2D eigenvalue weighted by atomic mass is 10.1. The predicted octanol–water partition coefficient (Wildman–Crippen LogP) is 0.519. The minimum Gasteiger partial charge on any atom is -0.377 e. The lowest BCUT2D eigenvalue weighted by Gasteiger charge is -2.26. The second kappa shape index (κ2) is 3.75. The molecule has 74 valence electrons. The van der Waals surface area contributed by atoms with Crippen LogP contribution in [0.2, 0.25) is 0 Å². The molecule has 1 saturated heterocycles. The van der Waals surface area contributed by atoms with Gasteiger partial charge in [-0.1, -0.05) is 0 Å². The number of hydrogen-bond donors (Lipinski definition) is 1. The molecule has 1 fully saturated rings. The lowest BCUT2D eigenvalue weighted by molar-refractivity contribution is -0.00348. The predicted molar refractivity (Wildman–Crippen MR) is 51.0 cm³/mol. The van der Waals surface area contributed by atoms with Crippen LogP contribution in [0.5, 0.6) is 0 Å². The van der Waals surface area contributed by atoms with Crippen molar-refractivity contribution in [2.45, 2.75) is 13.0 Å². The first-order valence-electron chi connectivity index (χ1n) is 4.57. The molecule has 0 aliphatic carbocycles. The highest BCUT2D eigenvalue weighted by atomic mass is 16.5. The molecule has 4 nitrogen and oxygen atoms in total. The van der Waals surface area contributed by atoms with E-state index in [9.17, 15) is 4.79 Å². The van der Waals surface area contributed by atoms with Gasteiger partial charge < -0.3 is 10.1 Å². The lowest BCUT2D eigenvalue weighted by Crippen LogP contribution is -2.48. The van der Waals surface area contributed by atoms with E-state index in [2.05, 4.69) is 10.3 Å². The van der Waals surface area contributed by atoms with Gasteiger partial charge in [0.15, 0.2) is 0 Å². The van der Waals surface area contributed by atoms with Gasteiger partial charge in [-0.15, -0.1) is 0 Å². The molecule has 0 saturated carbocycles. The Morgan fingerprint density at radius 3 is 3.00 bits per heavy atom. The summed E-state index contributed by atoms with van der Waals surface area (Å²) in [7, 11) is 0. The van der Waals surface area contributed by atoms with E-state index in [4.69, 9.17) is 4.74 Å². The molecule has 1 N–H and O–H groups in total. The van der Waals surface area contributed by atoms with Gasteiger partial charge in [-0.05, 0) is 19.1 Å². The van der Waals surface area contributed by atoms with Crippen molar-refractivity contribution in [2.75, 3.05) is 13.2 Å². The highest BCUT2D eigenvalue weighted by Crippen LogP contribution is 2.06. The fraction of sp³-hybridized carbons (Fsp3) is 0.400. The summed E-state index contributed by atoms with van der Waals surface area (Å²) < 4.78 is 4.97. The molecule has 0 bridgehead atoms. The van der Waals surface area contributed by atoms with Crippen molar-refractivity contribution in [2.24, 2.45) is 0 Å². The summed E-state index contributed by atoms with van der Waals surface area (Å²) >= 11 is 0. The summed E-state index contributed by atoms with van der Waals surface area (Å²) in [6.07, 6.45) is 1.68. The van der Waals surface area contributed by atoms with Gasteiger partial charge in [0.25, 0.3) is 5.91 Å². The highest BCUT2D eigenvalue weighted by molar-refractivity contribution is 5.95. The van der Waals surface area contributed by atoms with Gasteiger partial charge in [-0.3, -0.25) is 9.78 Å². The quantitative estimate of drug-likeness (QED) is 0.743. The molecule has 1 aromatic heterocycles. The standard InChI is InChI=1S/C10H12N2O2/c1-7-9(3-2-4-11-7)10(13)12-8-5-14-6-8/h2-4,8H,5-6H2,1H3,(H,12,13). The van der Waals surface area contributed by atoms with Crippen molar-refractivity contribution in [3.63, 3.8) is 0 Å². The van der Waals surface area contributed by atoms with Gasteiger partial charge >= 0.3 is 0 Å². The van der Waals surface area contributed by atoms with Gasteiger partial charge in [-0.2, -0.15) is 0 Å². The van der Waals surface area contributed by atoms with E-state index >= 15 is 0 Å². The molecule has 4 heteroatoms. The number of nitrogens with zero attached hydrogens (tertiary/aromatic N) is 1. The Balaban J connectivity index is 2.06. The summed E-state index contributed by atoms with van der Waals surface area (Å²) in [5.74, 6) is -0.0658. The molecular formula is C10H12N2O2. The normalized spacial score (nSPS) is 16.1. The minimum absolute atomic E-state index is 0.0658. The number of carbonyl (C=O) groups is 1. The van der Waals surface area contributed by atoms with Crippen molar-refractivity contribution in [3.8, 4) is 0 Å². The topological polar surface area (TPSA) is 51.2 Å². The summed E-state index contributed by atoms with van der Waals surface area (Å²) in [5, 5.41) is 2.87. The molecular weight excluding hydrogens is 180 g/mol. The summed E-state index contributed by atoms with van der Waals surface area (Å²) in [6, 6.07) is 3.71. The van der Waals surface area contributed by atoms with E-state index in [1.165, 1.54) is 0 Å². The molecule has 1 aliphatic heterocycles. The molecule has 0 aromatic carbocycles. The van der Waals surface area contributed by atoms with Gasteiger partial charge in [0.1, 0.15) is 0 Å². The summed E-state index contributed by atoms with van der Waals surface area (Å²) in [5.41, 5.74) is 1.39. The first kappa shape index (κ1) is 9.15. The van der Waals surface area contributed by atoms with Crippen LogP contribution in [0.15, 0.2) is 18.3 Å². The maximum absolute atomic E-state index is 11.7. The molecule has 0 unspecified atom stereocenters. The molecule has 0 atom stereocenters. The second-order valence-electron chi connectivity index (χ2n) is 3.34. The molecule has 2 heterocycles. The molecule has 1 amide bonds. The number of hydrogen-bond acceptors (Lipinski definition) is 3. The first-order valence-corrected chi connectivity index (χ1v) is 4.57. The number of aromatic nitrogens is 1. The van der Waals surface area contributed by atoms with Crippen LogP contribution in [0, 0.1) is 6.92 Å². The Morgan fingerprint density at radius 2 is 2.43 bits per heavy atom. The van der Waals surface area contributed by atoms with E-state index in [1.807, 2.05) is 6.92 Å². The maximum atomic E-state index is 11.7. The van der Waals surface area contributed by atoms with Crippen molar-refractivity contribution < 1.29 is 9.53 Å². The first-order chi connectivity index (χ1) is 6.77. The molecule has 1 aliphatic rings. The molecule has 0 radical (unpaired) electrons. The fourth-order valence-corrected chi connectivity index (χ4v) is 1.31. The van der Waals surface area contributed by atoms with Gasteiger partial charge in [0.05, 0.1) is 24.8 Å². The van der Waals surface area contributed by atoms with E-state index in [0.717, 1.165) is 5.69 Å². The van der Waals surface area contributed by atoms with Crippen LogP contribution in [0.25, 0.3) is 0 Å². The number of amides is 1. The molecule has 2 rings (SSSR count). The Hall–Kier alpha value is -1.42. The van der Waals surface area contributed by atoms with Crippen molar-refractivity contribution in [1.29, 1.82) is 0 Å². The Morgan fingerprint density at radius 1 is 1.64 bits per heavy atom. The fourth-order valence-electron chi connectivity index (χ4n) is 1.31. The number of carbonyl (C=O) groups excluding carboxylic acids is 1. The maximum Gasteiger partial charge on any atom is 0.253 e. The van der Waals surface area contributed by atoms with Crippen molar-refractivity contribution in [1.82, 2.24) is 10.3 Å². The summed E-state index contributed by atoms with van der Waals surface area (Å²) in [6.45, 7) is 3.06. The number of rotatable bonds is 2. The Labute approximate surface area is 82.3 Å². The van der Waals surface area contributed by atoms with Crippen LogP contribution in [0.3, 0.4) is 0 Å². The highest BCUT2D eigenvalue weighted by Gasteiger charge is 2.21. The number of ether oxygens (including phenoxy) is 1. The smallest absolute Gasteiger partial charge is 0.253 e. The molecule has 14 heavy (non-hydrogen) atoms. The Bertz CT molecular complexity index is 348. The van der Waals surface area contributed by atoms with Crippen LogP contribution in [0.1, 0.15) is 16.1 Å². The zero-order valence-electron chi connectivity index (χ0n) is 7.99. The average molecular weight is 192 g/mol. The minimum atomic E-state index is -0.0658. The van der Waals surface area contributed by atoms with E-state index in [1.54, 1.807) is 18.3 Å². The van der Waals surface area contributed by atoms with Crippen LogP contribution in [0.4, 0.5) is 0 Å². The van der Waals surface area contributed by atoms with Crippen molar-refractivity contribution in [3.05, 3.63) is 29.6 Å². The Kier molecular flexibility index (Phi) is 2.45. The second-order valence-corrected chi connectivity index (χ2v) is 3.34. The van der Waals surface area contributed by atoms with E-state index < -0.39 is 0 Å². The third-order valence-corrected chi connectivity index (χ3v) is 2.22. The molecule has 1 aromatic rings. The van der Waals surface area contributed by atoms with Crippen LogP contribution in [-0.2, 0) is 4.74 Å². The third kappa shape index (κ3) is 1.75. The van der Waals surface area contributed by atoms with Crippen molar-refractivity contribution >= 4 is 5.91 Å². The van der Waals surface area contributed by atoms with E-state index in [0.29, 0.717) is 18.8 Å². The third-order valence-electron chi connectivity index (χ3n) is 2.22.